The number of nitrogens with zero attached hydrogens (tertiary/aromatic N) is 2. The Morgan fingerprint density at radius 1 is 1.00 bits per heavy atom. The first-order chi connectivity index (χ1) is 15.1. The number of halogens is 1. The molecular weight excluding hydrogens is 409 g/mol. The number of hydrogen-bond donors (Lipinski definition) is 1. The van der Waals surface area contributed by atoms with Crippen molar-refractivity contribution >= 4 is 11.9 Å². The fourth-order valence-corrected chi connectivity index (χ4v) is 3.44. The van der Waals surface area contributed by atoms with Crippen LogP contribution in [0.3, 0.4) is 0 Å². The van der Waals surface area contributed by atoms with Crippen molar-refractivity contribution in [2.24, 2.45) is 0 Å². The van der Waals surface area contributed by atoms with Crippen LogP contribution in [-0.4, -0.2) is 53.5 Å². The monoisotopic (exact) mass is 441 g/mol. The predicted octanol–water partition coefficient (Wildman–Crippen LogP) is 4.12. The molecule has 0 aliphatic carbocycles. The zero-order chi connectivity index (χ0) is 23.3. The van der Waals surface area contributed by atoms with Gasteiger partial charge in [-0.2, -0.15) is 0 Å². The van der Waals surface area contributed by atoms with Crippen LogP contribution in [0.4, 0.5) is 9.18 Å². The van der Waals surface area contributed by atoms with Crippen LogP contribution in [0, 0.1) is 12.7 Å². The normalized spacial score (nSPS) is 14.4. The summed E-state index contributed by atoms with van der Waals surface area (Å²) in [5.74, 6) is -0.596. The van der Waals surface area contributed by atoms with E-state index in [1.807, 2.05) is 45.0 Å². The van der Waals surface area contributed by atoms with E-state index in [-0.39, 0.29) is 23.4 Å². The number of hydrogen-bond acceptors (Lipinski definition) is 3. The Labute approximate surface area is 189 Å². The van der Waals surface area contributed by atoms with Gasteiger partial charge in [-0.25, -0.2) is 9.18 Å². The van der Waals surface area contributed by atoms with Crippen LogP contribution in [0.2, 0.25) is 0 Å². The quantitative estimate of drug-likeness (QED) is 0.759. The molecule has 1 aliphatic rings. The SMILES string of the molecule is Cc1ccc(C(=O)N2CCN(C(=O)NCc3cccc(COC(C)(C)C)c3)CC2)cc1F. The van der Waals surface area contributed by atoms with E-state index in [9.17, 15) is 14.0 Å². The van der Waals surface area contributed by atoms with E-state index in [0.29, 0.717) is 50.5 Å². The molecule has 172 valence electrons. The minimum Gasteiger partial charge on any atom is -0.371 e. The van der Waals surface area contributed by atoms with Gasteiger partial charge in [0.25, 0.3) is 5.91 Å². The van der Waals surface area contributed by atoms with Crippen molar-refractivity contribution in [2.75, 3.05) is 26.2 Å². The third-order valence-electron chi connectivity index (χ3n) is 5.38. The van der Waals surface area contributed by atoms with Gasteiger partial charge in [-0.1, -0.05) is 30.3 Å². The molecule has 7 heteroatoms. The summed E-state index contributed by atoms with van der Waals surface area (Å²) in [7, 11) is 0. The lowest BCUT2D eigenvalue weighted by Gasteiger charge is -2.34. The van der Waals surface area contributed by atoms with E-state index in [0.717, 1.165) is 11.1 Å². The molecule has 3 amide bonds. The minimum absolute atomic E-state index is 0.158. The second-order valence-electron chi connectivity index (χ2n) is 9.12. The Bertz CT molecular complexity index is 963. The Morgan fingerprint density at radius 2 is 1.66 bits per heavy atom. The van der Waals surface area contributed by atoms with Crippen LogP contribution < -0.4 is 5.32 Å². The van der Waals surface area contributed by atoms with Crippen LogP contribution >= 0.6 is 0 Å². The first-order valence-electron chi connectivity index (χ1n) is 10.9. The molecule has 1 N–H and O–H groups in total. The van der Waals surface area contributed by atoms with Gasteiger partial charge in [-0.3, -0.25) is 4.79 Å². The van der Waals surface area contributed by atoms with Crippen LogP contribution in [-0.2, 0) is 17.9 Å². The highest BCUT2D eigenvalue weighted by atomic mass is 19.1. The maximum atomic E-state index is 13.8. The lowest BCUT2D eigenvalue weighted by atomic mass is 10.1. The number of ether oxygens (including phenoxy) is 1. The van der Waals surface area contributed by atoms with Gasteiger partial charge in [0.1, 0.15) is 5.82 Å². The number of rotatable bonds is 5. The van der Waals surface area contributed by atoms with Crippen molar-refractivity contribution in [3.05, 3.63) is 70.5 Å². The van der Waals surface area contributed by atoms with Gasteiger partial charge in [0.2, 0.25) is 0 Å². The molecule has 0 atom stereocenters. The highest BCUT2D eigenvalue weighted by molar-refractivity contribution is 5.94. The average Bonchev–Trinajstić information content (AvgIpc) is 2.77. The maximum absolute atomic E-state index is 13.8. The Hall–Kier alpha value is -2.93. The third-order valence-corrected chi connectivity index (χ3v) is 5.38. The summed E-state index contributed by atoms with van der Waals surface area (Å²) in [6.07, 6.45) is 0. The number of amides is 3. The largest absolute Gasteiger partial charge is 0.371 e. The molecule has 1 saturated heterocycles. The second kappa shape index (κ2) is 10.1. The maximum Gasteiger partial charge on any atom is 0.317 e. The smallest absolute Gasteiger partial charge is 0.317 e. The Morgan fingerprint density at radius 3 is 2.31 bits per heavy atom. The predicted molar refractivity (Wildman–Crippen MR) is 122 cm³/mol. The fourth-order valence-electron chi connectivity index (χ4n) is 3.44. The summed E-state index contributed by atoms with van der Waals surface area (Å²) >= 11 is 0. The van der Waals surface area contributed by atoms with Crippen molar-refractivity contribution in [3.8, 4) is 0 Å². The topological polar surface area (TPSA) is 61.9 Å². The summed E-state index contributed by atoms with van der Waals surface area (Å²) < 4.78 is 19.6. The molecule has 1 heterocycles. The zero-order valence-electron chi connectivity index (χ0n) is 19.3. The van der Waals surface area contributed by atoms with Gasteiger partial charge in [0.05, 0.1) is 12.2 Å². The second-order valence-corrected chi connectivity index (χ2v) is 9.12. The minimum atomic E-state index is -0.386. The van der Waals surface area contributed by atoms with Crippen LogP contribution in [0.5, 0.6) is 0 Å². The van der Waals surface area contributed by atoms with Gasteiger partial charge in [0.15, 0.2) is 0 Å². The lowest BCUT2D eigenvalue weighted by Crippen LogP contribution is -2.53. The van der Waals surface area contributed by atoms with Crippen LogP contribution in [0.1, 0.15) is 47.8 Å². The summed E-state index contributed by atoms with van der Waals surface area (Å²) in [6.45, 7) is 10.4. The first-order valence-corrected chi connectivity index (χ1v) is 10.9. The van der Waals surface area contributed by atoms with Crippen molar-refractivity contribution in [1.82, 2.24) is 15.1 Å². The number of aryl methyl sites for hydroxylation is 1. The third kappa shape index (κ3) is 6.53. The zero-order valence-corrected chi connectivity index (χ0v) is 19.3. The fraction of sp³-hybridized carbons (Fsp3) is 0.440. The van der Waals surface area contributed by atoms with Gasteiger partial charge < -0.3 is 19.9 Å². The van der Waals surface area contributed by atoms with E-state index in [1.165, 1.54) is 6.07 Å². The molecule has 0 bridgehead atoms. The highest BCUT2D eigenvalue weighted by Crippen LogP contribution is 2.15. The molecule has 0 aromatic heterocycles. The Balaban J connectivity index is 1.47. The van der Waals surface area contributed by atoms with Crippen LogP contribution in [0.25, 0.3) is 0 Å². The van der Waals surface area contributed by atoms with E-state index >= 15 is 0 Å². The number of piperazine rings is 1. The molecule has 6 nitrogen and oxygen atoms in total. The summed E-state index contributed by atoms with van der Waals surface area (Å²) in [5.41, 5.74) is 2.70. The molecular formula is C25H32FN3O3. The number of carbonyl (C=O) groups is 2. The lowest BCUT2D eigenvalue weighted by molar-refractivity contribution is -0.0149. The molecule has 0 spiro atoms. The van der Waals surface area contributed by atoms with Gasteiger partial charge >= 0.3 is 6.03 Å². The van der Waals surface area contributed by atoms with Crippen molar-refractivity contribution in [2.45, 2.75) is 46.4 Å². The molecule has 2 aromatic carbocycles. The first kappa shape index (κ1) is 23.7. The van der Waals surface area contributed by atoms with Crippen LogP contribution in [0.15, 0.2) is 42.5 Å². The highest BCUT2D eigenvalue weighted by Gasteiger charge is 2.25. The average molecular weight is 442 g/mol. The van der Waals surface area contributed by atoms with Crippen molar-refractivity contribution < 1.29 is 18.7 Å². The van der Waals surface area contributed by atoms with Gasteiger partial charge in [0, 0.05) is 38.3 Å². The Kier molecular flexibility index (Phi) is 7.51. The van der Waals surface area contributed by atoms with Gasteiger partial charge in [-0.05, 0) is 56.5 Å². The summed E-state index contributed by atoms with van der Waals surface area (Å²) in [5, 5.41) is 2.95. The molecule has 1 fully saturated rings. The summed E-state index contributed by atoms with van der Waals surface area (Å²) in [4.78, 5) is 28.6. The molecule has 0 unspecified atom stereocenters. The van der Waals surface area contributed by atoms with E-state index in [2.05, 4.69) is 5.32 Å². The van der Waals surface area contributed by atoms with E-state index in [1.54, 1.807) is 28.9 Å². The number of nitrogens with one attached hydrogen (secondary N) is 1. The number of carbonyl (C=O) groups excluding carboxylic acids is 2. The van der Waals surface area contributed by atoms with E-state index in [4.69, 9.17) is 4.74 Å². The molecule has 0 radical (unpaired) electrons. The molecule has 1 aliphatic heterocycles. The standard InChI is InChI=1S/C25H32FN3O3/c1-18-8-9-21(15-22(18)26)23(30)28-10-12-29(13-11-28)24(31)27-16-19-6-5-7-20(14-19)17-32-25(2,3)4/h5-9,14-15H,10-13,16-17H2,1-4H3,(H,27,31). The number of benzene rings is 2. The molecule has 0 saturated carbocycles. The molecule has 2 aromatic rings. The van der Waals surface area contributed by atoms with Crippen molar-refractivity contribution in [1.29, 1.82) is 0 Å². The van der Waals surface area contributed by atoms with Gasteiger partial charge in [-0.15, -0.1) is 0 Å². The molecule has 32 heavy (non-hydrogen) atoms. The summed E-state index contributed by atoms with van der Waals surface area (Å²) in [6, 6.07) is 12.3. The van der Waals surface area contributed by atoms with Crippen molar-refractivity contribution in [3.63, 3.8) is 0 Å². The number of urea groups is 1. The molecule has 3 rings (SSSR count). The van der Waals surface area contributed by atoms with E-state index < -0.39 is 0 Å².